The van der Waals surface area contributed by atoms with Gasteiger partial charge in [-0.1, -0.05) is 24.3 Å². The first-order chi connectivity index (χ1) is 12.1. The quantitative estimate of drug-likeness (QED) is 0.749. The number of nitrogens with one attached hydrogen (secondary N) is 1. The number of para-hydroxylation sites is 1. The van der Waals surface area contributed by atoms with Crippen molar-refractivity contribution in [2.75, 3.05) is 6.54 Å². The van der Waals surface area contributed by atoms with E-state index in [0.717, 1.165) is 5.56 Å². The smallest absolute Gasteiger partial charge is 0.221 e. The van der Waals surface area contributed by atoms with Gasteiger partial charge in [0.25, 0.3) is 0 Å². The minimum atomic E-state index is -0.270. The highest BCUT2D eigenvalue weighted by atomic mass is 19.1. The van der Waals surface area contributed by atoms with Crippen molar-refractivity contribution in [2.45, 2.75) is 19.4 Å². The number of amides is 1. The molecule has 0 radical (unpaired) electrons. The molecule has 0 atom stereocenters. The molecule has 6 heteroatoms. The van der Waals surface area contributed by atoms with Gasteiger partial charge in [0.2, 0.25) is 11.3 Å². The van der Waals surface area contributed by atoms with Crippen LogP contribution in [0.5, 0.6) is 0 Å². The van der Waals surface area contributed by atoms with E-state index >= 15 is 0 Å². The number of nitrogens with zero attached hydrogens (tertiary/aromatic N) is 2. The molecule has 0 saturated heterocycles. The minimum Gasteiger partial charge on any atom is -0.356 e. The second-order valence-electron chi connectivity index (χ2n) is 5.73. The Labute approximate surface area is 144 Å². The van der Waals surface area contributed by atoms with Crippen molar-refractivity contribution < 1.29 is 9.18 Å². The summed E-state index contributed by atoms with van der Waals surface area (Å²) in [5.41, 5.74) is 1.56. The number of halogens is 1. The summed E-state index contributed by atoms with van der Waals surface area (Å²) < 4.78 is 14.5. The summed E-state index contributed by atoms with van der Waals surface area (Å²) in [6.45, 7) is 0.881. The van der Waals surface area contributed by atoms with Gasteiger partial charge in [-0.3, -0.25) is 14.3 Å². The first kappa shape index (κ1) is 16.8. The Morgan fingerprint density at radius 2 is 1.88 bits per heavy atom. The Kier molecular flexibility index (Phi) is 5.18. The van der Waals surface area contributed by atoms with Crippen LogP contribution in [-0.4, -0.2) is 22.2 Å². The summed E-state index contributed by atoms with van der Waals surface area (Å²) in [5, 5.41) is 7.53. The van der Waals surface area contributed by atoms with E-state index in [0.29, 0.717) is 30.4 Å². The molecule has 0 unspecified atom stereocenters. The summed E-state index contributed by atoms with van der Waals surface area (Å²) in [4.78, 5) is 23.8. The van der Waals surface area contributed by atoms with Crippen LogP contribution < -0.4 is 10.7 Å². The van der Waals surface area contributed by atoms with Crippen molar-refractivity contribution in [3.05, 3.63) is 76.3 Å². The largest absolute Gasteiger partial charge is 0.356 e. The van der Waals surface area contributed by atoms with Crippen LogP contribution in [0.1, 0.15) is 12.0 Å². The van der Waals surface area contributed by atoms with Crippen LogP contribution in [0.2, 0.25) is 0 Å². The fourth-order valence-corrected chi connectivity index (χ4v) is 2.63. The number of aromatic nitrogens is 2. The highest BCUT2D eigenvalue weighted by molar-refractivity contribution is 5.79. The van der Waals surface area contributed by atoms with Crippen molar-refractivity contribution in [3.8, 4) is 0 Å². The van der Waals surface area contributed by atoms with E-state index in [4.69, 9.17) is 0 Å². The lowest BCUT2D eigenvalue weighted by molar-refractivity contribution is -0.121. The first-order valence-corrected chi connectivity index (χ1v) is 8.09. The van der Waals surface area contributed by atoms with Crippen LogP contribution in [0.4, 0.5) is 4.39 Å². The summed E-state index contributed by atoms with van der Waals surface area (Å²) in [6.07, 6.45) is 2.18. The Morgan fingerprint density at radius 1 is 1.12 bits per heavy atom. The molecule has 0 spiro atoms. The molecule has 0 aliphatic heterocycles. The number of hydrogen-bond donors (Lipinski definition) is 1. The fraction of sp³-hybridized carbons (Fsp3) is 0.211. The van der Waals surface area contributed by atoms with Gasteiger partial charge >= 0.3 is 0 Å². The summed E-state index contributed by atoms with van der Waals surface area (Å²) in [7, 11) is 0. The minimum absolute atomic E-state index is 0.0910. The average Bonchev–Trinajstić information content (AvgIpc) is 2.63. The van der Waals surface area contributed by atoms with E-state index in [1.807, 2.05) is 12.1 Å². The maximum absolute atomic E-state index is 12.8. The number of fused-ring (bicyclic) bond motifs is 1. The standard InChI is InChI=1S/C19H18FN3O2/c20-15-7-5-14(6-8-15)9-11-21-19(25)10-12-23-17-4-2-1-3-16(17)18(24)13-22-23/h1-8,13H,9-12H2,(H,21,25). The first-order valence-electron chi connectivity index (χ1n) is 8.09. The topological polar surface area (TPSA) is 64.0 Å². The second-order valence-corrected chi connectivity index (χ2v) is 5.73. The van der Waals surface area contributed by atoms with Gasteiger partial charge in [-0.25, -0.2) is 4.39 Å². The van der Waals surface area contributed by atoms with Crippen LogP contribution in [0, 0.1) is 5.82 Å². The monoisotopic (exact) mass is 339 g/mol. The zero-order chi connectivity index (χ0) is 17.6. The van der Waals surface area contributed by atoms with E-state index in [1.165, 1.54) is 18.3 Å². The van der Waals surface area contributed by atoms with Gasteiger partial charge in [0.15, 0.2) is 0 Å². The fourth-order valence-electron chi connectivity index (χ4n) is 2.63. The Bertz CT molecular complexity index is 935. The molecule has 5 nitrogen and oxygen atoms in total. The molecule has 0 aliphatic rings. The van der Waals surface area contributed by atoms with Crippen molar-refractivity contribution >= 4 is 16.8 Å². The normalized spacial score (nSPS) is 10.8. The van der Waals surface area contributed by atoms with Gasteiger partial charge in [0.05, 0.1) is 18.3 Å². The predicted octanol–water partition coefficient (Wildman–Crippen LogP) is 2.28. The van der Waals surface area contributed by atoms with Crippen LogP contribution in [-0.2, 0) is 17.8 Å². The predicted molar refractivity (Wildman–Crippen MR) is 93.7 cm³/mol. The molecule has 25 heavy (non-hydrogen) atoms. The third kappa shape index (κ3) is 4.29. The van der Waals surface area contributed by atoms with E-state index in [9.17, 15) is 14.0 Å². The van der Waals surface area contributed by atoms with Crippen LogP contribution in [0.15, 0.2) is 59.5 Å². The maximum atomic E-state index is 12.8. The van der Waals surface area contributed by atoms with E-state index in [1.54, 1.807) is 28.9 Å². The van der Waals surface area contributed by atoms with Crippen molar-refractivity contribution in [1.82, 2.24) is 15.1 Å². The Morgan fingerprint density at radius 3 is 2.68 bits per heavy atom. The summed E-state index contributed by atoms with van der Waals surface area (Å²) in [5.74, 6) is -0.361. The lowest BCUT2D eigenvalue weighted by Gasteiger charge is -2.09. The molecule has 3 aromatic rings. The molecule has 0 aliphatic carbocycles. The summed E-state index contributed by atoms with van der Waals surface area (Å²) >= 11 is 0. The second kappa shape index (κ2) is 7.70. The van der Waals surface area contributed by atoms with Crippen LogP contribution in [0.25, 0.3) is 10.9 Å². The van der Waals surface area contributed by atoms with Crippen LogP contribution >= 0.6 is 0 Å². The van der Waals surface area contributed by atoms with E-state index in [-0.39, 0.29) is 23.6 Å². The number of carbonyl (C=O) groups excluding carboxylic acids is 1. The third-order valence-corrected chi connectivity index (χ3v) is 3.96. The zero-order valence-corrected chi connectivity index (χ0v) is 13.6. The van der Waals surface area contributed by atoms with Gasteiger partial charge in [-0.2, -0.15) is 5.10 Å². The van der Waals surface area contributed by atoms with Crippen molar-refractivity contribution in [1.29, 1.82) is 0 Å². The molecule has 128 valence electrons. The van der Waals surface area contributed by atoms with Gasteiger partial charge in [0, 0.05) is 18.4 Å². The molecule has 0 saturated carbocycles. The van der Waals surface area contributed by atoms with E-state index < -0.39 is 0 Å². The molecule has 3 rings (SSSR count). The number of aryl methyl sites for hydroxylation is 1. The summed E-state index contributed by atoms with van der Waals surface area (Å²) in [6, 6.07) is 13.4. The van der Waals surface area contributed by atoms with Gasteiger partial charge in [-0.05, 0) is 36.2 Å². The lowest BCUT2D eigenvalue weighted by Crippen LogP contribution is -2.27. The molecule has 1 aromatic heterocycles. The highest BCUT2D eigenvalue weighted by Crippen LogP contribution is 2.08. The van der Waals surface area contributed by atoms with E-state index in [2.05, 4.69) is 10.4 Å². The molecule has 2 aromatic carbocycles. The molecule has 1 N–H and O–H groups in total. The van der Waals surface area contributed by atoms with Gasteiger partial charge < -0.3 is 5.32 Å². The number of rotatable bonds is 6. The number of benzene rings is 2. The molecular formula is C19H18FN3O2. The number of carbonyl (C=O) groups is 1. The molecule has 0 fully saturated rings. The van der Waals surface area contributed by atoms with Gasteiger partial charge in [0.1, 0.15) is 5.82 Å². The van der Waals surface area contributed by atoms with Crippen LogP contribution in [0.3, 0.4) is 0 Å². The van der Waals surface area contributed by atoms with Crippen molar-refractivity contribution in [3.63, 3.8) is 0 Å². The third-order valence-electron chi connectivity index (χ3n) is 3.96. The average molecular weight is 339 g/mol. The maximum Gasteiger partial charge on any atom is 0.221 e. The number of hydrogen-bond acceptors (Lipinski definition) is 3. The molecular weight excluding hydrogens is 321 g/mol. The van der Waals surface area contributed by atoms with Crippen molar-refractivity contribution in [2.24, 2.45) is 0 Å². The molecule has 1 amide bonds. The SMILES string of the molecule is O=C(CCn1ncc(=O)c2ccccc21)NCCc1ccc(F)cc1. The van der Waals surface area contributed by atoms with Gasteiger partial charge in [-0.15, -0.1) is 0 Å². The molecule has 1 heterocycles. The zero-order valence-electron chi connectivity index (χ0n) is 13.6. The lowest BCUT2D eigenvalue weighted by atomic mass is 10.1. The Balaban J connectivity index is 1.53. The highest BCUT2D eigenvalue weighted by Gasteiger charge is 2.06. The Hall–Kier alpha value is -3.02. The molecule has 0 bridgehead atoms.